The van der Waals surface area contributed by atoms with Crippen LogP contribution in [0.3, 0.4) is 0 Å². The van der Waals surface area contributed by atoms with Crippen molar-refractivity contribution in [3.05, 3.63) is 30.1 Å². The SMILES string of the molecule is Cc1nc2ccccc2n1CCCS(=O)(=O)Cl. The van der Waals surface area contributed by atoms with Gasteiger partial charge in [-0.2, -0.15) is 0 Å². The van der Waals surface area contributed by atoms with Crippen LogP contribution in [0, 0.1) is 6.92 Å². The molecule has 92 valence electrons. The second kappa shape index (κ2) is 4.66. The predicted octanol–water partition coefficient (Wildman–Crippen LogP) is 2.30. The lowest BCUT2D eigenvalue weighted by Crippen LogP contribution is -2.05. The highest BCUT2D eigenvalue weighted by Gasteiger charge is 2.09. The summed E-state index contributed by atoms with van der Waals surface area (Å²) in [4.78, 5) is 4.41. The summed E-state index contributed by atoms with van der Waals surface area (Å²) in [5.41, 5.74) is 1.95. The van der Waals surface area contributed by atoms with Crippen LogP contribution in [-0.2, 0) is 15.6 Å². The van der Waals surface area contributed by atoms with Crippen molar-refractivity contribution in [2.45, 2.75) is 19.9 Å². The first-order valence-corrected chi connectivity index (χ1v) is 7.79. The quantitative estimate of drug-likeness (QED) is 0.803. The number of rotatable bonds is 4. The molecule has 0 amide bonds. The zero-order valence-electron chi connectivity index (χ0n) is 9.43. The van der Waals surface area contributed by atoms with E-state index >= 15 is 0 Å². The van der Waals surface area contributed by atoms with Gasteiger partial charge in [0.25, 0.3) is 0 Å². The normalized spacial score (nSPS) is 12.1. The Morgan fingerprint density at radius 2 is 2.06 bits per heavy atom. The second-order valence-corrected chi connectivity index (χ2v) is 6.79. The highest BCUT2D eigenvalue weighted by Crippen LogP contribution is 2.16. The van der Waals surface area contributed by atoms with Gasteiger partial charge in [-0.1, -0.05) is 12.1 Å². The van der Waals surface area contributed by atoms with Gasteiger partial charge >= 0.3 is 0 Å². The third kappa shape index (κ3) is 2.98. The first-order chi connectivity index (χ1) is 7.97. The summed E-state index contributed by atoms with van der Waals surface area (Å²) in [6.07, 6.45) is 0.493. The molecule has 0 aliphatic heterocycles. The van der Waals surface area contributed by atoms with Gasteiger partial charge in [0.05, 0.1) is 16.8 Å². The summed E-state index contributed by atoms with van der Waals surface area (Å²) >= 11 is 0. The van der Waals surface area contributed by atoms with E-state index in [1.165, 1.54) is 0 Å². The highest BCUT2D eigenvalue weighted by molar-refractivity contribution is 8.13. The first-order valence-electron chi connectivity index (χ1n) is 5.31. The largest absolute Gasteiger partial charge is 0.328 e. The molecule has 1 aromatic heterocycles. The molecule has 2 aromatic rings. The average molecular weight is 273 g/mol. The van der Waals surface area contributed by atoms with Gasteiger partial charge in [0.1, 0.15) is 5.82 Å². The Balaban J connectivity index is 2.21. The van der Waals surface area contributed by atoms with Crippen LogP contribution in [-0.4, -0.2) is 23.7 Å². The molecule has 0 spiro atoms. The number of benzene rings is 1. The van der Waals surface area contributed by atoms with E-state index in [1.807, 2.05) is 35.8 Å². The Morgan fingerprint density at radius 3 is 2.76 bits per heavy atom. The van der Waals surface area contributed by atoms with E-state index in [0.717, 1.165) is 16.9 Å². The maximum atomic E-state index is 10.8. The monoisotopic (exact) mass is 272 g/mol. The lowest BCUT2D eigenvalue weighted by atomic mass is 10.3. The van der Waals surface area contributed by atoms with E-state index in [9.17, 15) is 8.42 Å². The number of aromatic nitrogens is 2. The lowest BCUT2D eigenvalue weighted by molar-refractivity contribution is 0.599. The third-order valence-corrected chi connectivity index (χ3v) is 3.85. The average Bonchev–Trinajstić information content (AvgIpc) is 2.54. The molecule has 6 heteroatoms. The maximum absolute atomic E-state index is 10.8. The minimum Gasteiger partial charge on any atom is -0.328 e. The van der Waals surface area contributed by atoms with Gasteiger partial charge in [0.2, 0.25) is 9.05 Å². The van der Waals surface area contributed by atoms with Crippen LogP contribution < -0.4 is 0 Å². The molecule has 0 saturated carbocycles. The van der Waals surface area contributed by atoms with Crippen molar-refractivity contribution in [3.63, 3.8) is 0 Å². The number of para-hydroxylation sites is 2. The van der Waals surface area contributed by atoms with Crippen molar-refractivity contribution in [1.82, 2.24) is 9.55 Å². The number of fused-ring (bicyclic) bond motifs is 1. The smallest absolute Gasteiger partial charge is 0.232 e. The fraction of sp³-hybridized carbons (Fsp3) is 0.364. The number of nitrogens with zero attached hydrogens (tertiary/aromatic N) is 2. The van der Waals surface area contributed by atoms with E-state index in [4.69, 9.17) is 10.7 Å². The molecule has 0 radical (unpaired) electrons. The fourth-order valence-corrected chi connectivity index (χ4v) is 2.67. The van der Waals surface area contributed by atoms with Gasteiger partial charge in [0.15, 0.2) is 0 Å². The van der Waals surface area contributed by atoms with E-state index in [-0.39, 0.29) is 5.75 Å². The molecule has 1 aromatic carbocycles. The fourth-order valence-electron chi connectivity index (χ4n) is 1.87. The van der Waals surface area contributed by atoms with E-state index in [1.54, 1.807) is 0 Å². The molecule has 1 heterocycles. The van der Waals surface area contributed by atoms with Gasteiger partial charge in [-0.05, 0) is 25.5 Å². The van der Waals surface area contributed by atoms with Crippen LogP contribution in [0.15, 0.2) is 24.3 Å². The van der Waals surface area contributed by atoms with E-state index < -0.39 is 9.05 Å². The van der Waals surface area contributed by atoms with Gasteiger partial charge < -0.3 is 4.57 Å². The second-order valence-electron chi connectivity index (χ2n) is 3.90. The van der Waals surface area contributed by atoms with Crippen molar-refractivity contribution in [1.29, 1.82) is 0 Å². The molecular weight excluding hydrogens is 260 g/mol. The number of halogens is 1. The van der Waals surface area contributed by atoms with Crippen molar-refractivity contribution >= 4 is 30.8 Å². The van der Waals surface area contributed by atoms with Crippen molar-refractivity contribution in [2.75, 3.05) is 5.75 Å². The summed E-state index contributed by atoms with van der Waals surface area (Å²) < 4.78 is 23.7. The molecule has 0 saturated heterocycles. The molecular formula is C11H13ClN2O2S. The molecule has 2 rings (SSSR count). The zero-order chi connectivity index (χ0) is 12.5. The van der Waals surface area contributed by atoms with Gasteiger partial charge in [0, 0.05) is 17.2 Å². The zero-order valence-corrected chi connectivity index (χ0v) is 11.0. The number of hydrogen-bond donors (Lipinski definition) is 0. The van der Waals surface area contributed by atoms with Crippen molar-refractivity contribution in [2.24, 2.45) is 0 Å². The highest BCUT2D eigenvalue weighted by atomic mass is 35.7. The molecule has 0 aliphatic rings. The molecule has 0 fully saturated rings. The summed E-state index contributed by atoms with van der Waals surface area (Å²) in [7, 11) is 1.77. The standard InChI is InChI=1S/C11H13ClN2O2S/c1-9-13-10-5-2-3-6-11(10)14(9)7-4-8-17(12,15)16/h2-3,5-6H,4,7-8H2,1H3. The molecule has 0 bridgehead atoms. The summed E-state index contributed by atoms with van der Waals surface area (Å²) in [5.74, 6) is 0.874. The van der Waals surface area contributed by atoms with Crippen LogP contribution in [0.2, 0.25) is 0 Å². The van der Waals surface area contributed by atoms with Crippen LogP contribution in [0.25, 0.3) is 11.0 Å². The van der Waals surface area contributed by atoms with Gasteiger partial charge in [-0.15, -0.1) is 0 Å². The minimum absolute atomic E-state index is 0.0134. The summed E-state index contributed by atoms with van der Waals surface area (Å²) in [6, 6.07) is 7.79. The number of aryl methyl sites for hydroxylation is 2. The topological polar surface area (TPSA) is 52.0 Å². The third-order valence-electron chi connectivity index (χ3n) is 2.62. The predicted molar refractivity (Wildman–Crippen MR) is 68.7 cm³/mol. The lowest BCUT2D eigenvalue weighted by Gasteiger charge is -2.05. The van der Waals surface area contributed by atoms with E-state index in [0.29, 0.717) is 13.0 Å². The van der Waals surface area contributed by atoms with Gasteiger partial charge in [-0.3, -0.25) is 0 Å². The van der Waals surface area contributed by atoms with Crippen LogP contribution in [0.4, 0.5) is 0 Å². The first kappa shape index (κ1) is 12.4. The Bertz CT molecular complexity index is 634. The Hall–Kier alpha value is -1.07. The van der Waals surface area contributed by atoms with E-state index in [2.05, 4.69) is 4.98 Å². The minimum atomic E-state index is -3.40. The summed E-state index contributed by atoms with van der Waals surface area (Å²) in [5, 5.41) is 0. The van der Waals surface area contributed by atoms with Gasteiger partial charge in [-0.25, -0.2) is 13.4 Å². The Labute approximate surface area is 105 Å². The molecule has 0 aliphatic carbocycles. The molecule has 0 unspecified atom stereocenters. The van der Waals surface area contributed by atoms with Crippen LogP contribution in [0.1, 0.15) is 12.2 Å². The number of hydrogen-bond acceptors (Lipinski definition) is 3. The van der Waals surface area contributed by atoms with Crippen molar-refractivity contribution < 1.29 is 8.42 Å². The van der Waals surface area contributed by atoms with Crippen molar-refractivity contribution in [3.8, 4) is 0 Å². The number of imidazole rings is 1. The Kier molecular flexibility index (Phi) is 3.40. The molecule has 4 nitrogen and oxygen atoms in total. The Morgan fingerprint density at radius 1 is 1.35 bits per heavy atom. The van der Waals surface area contributed by atoms with Crippen LogP contribution >= 0.6 is 10.7 Å². The maximum Gasteiger partial charge on any atom is 0.232 e. The molecule has 17 heavy (non-hydrogen) atoms. The molecule has 0 N–H and O–H groups in total. The molecule has 0 atom stereocenters. The summed E-state index contributed by atoms with van der Waals surface area (Å²) in [6.45, 7) is 2.52. The van der Waals surface area contributed by atoms with Crippen LogP contribution in [0.5, 0.6) is 0 Å².